The van der Waals surface area contributed by atoms with Gasteiger partial charge in [0.25, 0.3) is 0 Å². The first-order valence-corrected chi connectivity index (χ1v) is 6.71. The van der Waals surface area contributed by atoms with E-state index in [1.54, 1.807) is 24.3 Å². The fraction of sp³-hybridized carbons (Fsp3) is 0.500. The fourth-order valence-corrected chi connectivity index (χ4v) is 2.91. The Labute approximate surface area is 119 Å². The van der Waals surface area contributed by atoms with Gasteiger partial charge in [-0.15, -0.1) is 0 Å². The van der Waals surface area contributed by atoms with Crippen LogP contribution in [0.15, 0.2) is 24.3 Å². The average molecular weight is 275 g/mol. The molecule has 1 aliphatic rings. The second-order valence-electron chi connectivity index (χ2n) is 6.44. The molecule has 0 bridgehead atoms. The van der Waals surface area contributed by atoms with E-state index < -0.39 is 5.97 Å². The van der Waals surface area contributed by atoms with E-state index in [0.29, 0.717) is 11.3 Å². The highest BCUT2D eigenvalue weighted by molar-refractivity contribution is 5.97. The molecular formula is C16H21NO3. The summed E-state index contributed by atoms with van der Waals surface area (Å²) in [6.07, 6.45) is 0. The first-order chi connectivity index (χ1) is 9.21. The smallest absolute Gasteiger partial charge is 0.337 e. The summed E-state index contributed by atoms with van der Waals surface area (Å²) in [6, 6.07) is 6.79. The van der Waals surface area contributed by atoms with Crippen LogP contribution in [0.3, 0.4) is 0 Å². The Hall–Kier alpha value is -1.84. The maximum absolute atomic E-state index is 12.3. The van der Waals surface area contributed by atoms with Gasteiger partial charge in [0.1, 0.15) is 0 Å². The van der Waals surface area contributed by atoms with Crippen molar-refractivity contribution in [3.63, 3.8) is 0 Å². The van der Waals surface area contributed by atoms with Gasteiger partial charge in [0, 0.05) is 11.6 Å². The number of esters is 1. The van der Waals surface area contributed by atoms with Gasteiger partial charge in [0.2, 0.25) is 5.91 Å². The van der Waals surface area contributed by atoms with Gasteiger partial charge in [0.05, 0.1) is 12.7 Å². The summed E-state index contributed by atoms with van der Waals surface area (Å²) in [6.45, 7) is 8.40. The number of benzene rings is 1. The monoisotopic (exact) mass is 275 g/mol. The minimum atomic E-state index is -0.409. The molecule has 0 heterocycles. The highest BCUT2D eigenvalue weighted by atomic mass is 16.5. The zero-order valence-electron chi connectivity index (χ0n) is 12.6. The predicted octanol–water partition coefficient (Wildman–Crippen LogP) is 3.09. The summed E-state index contributed by atoms with van der Waals surface area (Å²) >= 11 is 0. The molecule has 4 nitrogen and oxygen atoms in total. The lowest BCUT2D eigenvalue weighted by Crippen LogP contribution is -2.18. The molecule has 1 fully saturated rings. The first-order valence-electron chi connectivity index (χ1n) is 6.71. The molecule has 1 aromatic rings. The third-order valence-electron chi connectivity index (χ3n) is 4.83. The predicted molar refractivity (Wildman–Crippen MR) is 77.5 cm³/mol. The van der Waals surface area contributed by atoms with E-state index in [0.717, 1.165) is 0 Å². The van der Waals surface area contributed by atoms with Crippen molar-refractivity contribution in [3.8, 4) is 0 Å². The number of hydrogen-bond acceptors (Lipinski definition) is 3. The Morgan fingerprint density at radius 1 is 1.15 bits per heavy atom. The van der Waals surface area contributed by atoms with Crippen molar-refractivity contribution < 1.29 is 14.3 Å². The molecule has 20 heavy (non-hydrogen) atoms. The number of amides is 1. The molecule has 1 aliphatic carbocycles. The third-order valence-corrected chi connectivity index (χ3v) is 4.83. The van der Waals surface area contributed by atoms with Crippen molar-refractivity contribution in [2.45, 2.75) is 27.7 Å². The summed E-state index contributed by atoms with van der Waals surface area (Å²) in [4.78, 5) is 23.8. The molecule has 108 valence electrons. The van der Waals surface area contributed by atoms with Crippen LogP contribution in [0.25, 0.3) is 0 Å². The SMILES string of the molecule is COC(=O)c1cccc(NC(=O)C2C(C)(C)C2(C)C)c1. The second-order valence-corrected chi connectivity index (χ2v) is 6.44. The van der Waals surface area contributed by atoms with Crippen LogP contribution >= 0.6 is 0 Å². The largest absolute Gasteiger partial charge is 0.465 e. The van der Waals surface area contributed by atoms with Crippen LogP contribution in [0.5, 0.6) is 0 Å². The highest BCUT2D eigenvalue weighted by Crippen LogP contribution is 2.68. The minimum Gasteiger partial charge on any atom is -0.465 e. The molecule has 1 saturated carbocycles. The van der Waals surface area contributed by atoms with Gasteiger partial charge in [0.15, 0.2) is 0 Å². The average Bonchev–Trinajstić information content (AvgIpc) is 2.79. The van der Waals surface area contributed by atoms with Crippen molar-refractivity contribution in [3.05, 3.63) is 29.8 Å². The van der Waals surface area contributed by atoms with Crippen molar-refractivity contribution in [1.82, 2.24) is 0 Å². The molecule has 0 aliphatic heterocycles. The first kappa shape index (κ1) is 14.6. The highest BCUT2D eigenvalue weighted by Gasteiger charge is 2.68. The zero-order valence-corrected chi connectivity index (χ0v) is 12.6. The third kappa shape index (κ3) is 2.19. The quantitative estimate of drug-likeness (QED) is 0.862. The van der Waals surface area contributed by atoms with Crippen LogP contribution in [0.1, 0.15) is 38.1 Å². The molecule has 0 aromatic heterocycles. The summed E-state index contributed by atoms with van der Waals surface area (Å²) in [7, 11) is 1.34. The van der Waals surface area contributed by atoms with Crippen LogP contribution in [-0.4, -0.2) is 19.0 Å². The van der Waals surface area contributed by atoms with Crippen LogP contribution in [0.4, 0.5) is 5.69 Å². The number of carbonyl (C=O) groups excluding carboxylic acids is 2. The van der Waals surface area contributed by atoms with Crippen molar-refractivity contribution in [1.29, 1.82) is 0 Å². The molecule has 0 spiro atoms. The van der Waals surface area contributed by atoms with Crippen LogP contribution in [-0.2, 0) is 9.53 Å². The number of carbonyl (C=O) groups is 2. The van der Waals surface area contributed by atoms with Crippen LogP contribution in [0, 0.1) is 16.7 Å². The summed E-state index contributed by atoms with van der Waals surface area (Å²) < 4.78 is 4.67. The number of nitrogens with one attached hydrogen (secondary N) is 1. The van der Waals surface area contributed by atoms with Gasteiger partial charge in [-0.2, -0.15) is 0 Å². The summed E-state index contributed by atoms with van der Waals surface area (Å²) in [5, 5.41) is 2.89. The molecule has 0 saturated heterocycles. The molecule has 0 unspecified atom stereocenters. The Kier molecular flexibility index (Phi) is 3.36. The standard InChI is InChI=1S/C16H21NO3/c1-15(2)12(16(15,3)4)13(18)17-11-8-6-7-10(9-11)14(19)20-5/h6-9,12H,1-5H3,(H,17,18). The molecule has 0 radical (unpaired) electrons. The maximum atomic E-state index is 12.3. The van der Waals surface area contributed by atoms with E-state index in [2.05, 4.69) is 37.7 Å². The lowest BCUT2D eigenvalue weighted by molar-refractivity contribution is -0.118. The molecule has 1 amide bonds. The molecule has 1 aromatic carbocycles. The fourth-order valence-electron chi connectivity index (χ4n) is 2.91. The second kappa shape index (κ2) is 4.62. The maximum Gasteiger partial charge on any atom is 0.337 e. The van der Waals surface area contributed by atoms with Gasteiger partial charge >= 0.3 is 5.97 Å². The number of methoxy groups -OCH3 is 1. The van der Waals surface area contributed by atoms with Gasteiger partial charge < -0.3 is 10.1 Å². The van der Waals surface area contributed by atoms with E-state index in [4.69, 9.17) is 0 Å². The van der Waals surface area contributed by atoms with Crippen LogP contribution < -0.4 is 5.32 Å². The Morgan fingerprint density at radius 2 is 1.75 bits per heavy atom. The number of ether oxygens (including phenoxy) is 1. The number of rotatable bonds is 3. The molecule has 0 atom stereocenters. The van der Waals surface area contributed by atoms with Crippen molar-refractivity contribution in [2.24, 2.45) is 16.7 Å². The van der Waals surface area contributed by atoms with Crippen molar-refractivity contribution in [2.75, 3.05) is 12.4 Å². The summed E-state index contributed by atoms with van der Waals surface area (Å²) in [5.41, 5.74) is 1.05. The lowest BCUT2D eigenvalue weighted by Gasteiger charge is -2.07. The van der Waals surface area contributed by atoms with Crippen LogP contribution in [0.2, 0.25) is 0 Å². The lowest BCUT2D eigenvalue weighted by atomic mass is 10.0. The zero-order chi connectivity index (χ0) is 15.1. The van der Waals surface area contributed by atoms with Gasteiger partial charge in [-0.3, -0.25) is 4.79 Å². The van der Waals surface area contributed by atoms with Gasteiger partial charge in [-0.25, -0.2) is 4.79 Å². The molecule has 2 rings (SSSR count). The van der Waals surface area contributed by atoms with E-state index in [1.807, 2.05) is 0 Å². The Morgan fingerprint density at radius 3 is 2.25 bits per heavy atom. The van der Waals surface area contributed by atoms with Gasteiger partial charge in [-0.05, 0) is 29.0 Å². The number of hydrogen-bond donors (Lipinski definition) is 1. The van der Waals surface area contributed by atoms with Crippen molar-refractivity contribution >= 4 is 17.6 Å². The Balaban J connectivity index is 2.12. The topological polar surface area (TPSA) is 55.4 Å². The van der Waals surface area contributed by atoms with E-state index in [1.165, 1.54) is 7.11 Å². The van der Waals surface area contributed by atoms with E-state index in [-0.39, 0.29) is 22.7 Å². The van der Waals surface area contributed by atoms with Gasteiger partial charge in [-0.1, -0.05) is 33.8 Å². The molecular weight excluding hydrogens is 254 g/mol. The van der Waals surface area contributed by atoms with E-state index in [9.17, 15) is 9.59 Å². The molecule has 1 N–H and O–H groups in total. The molecule has 4 heteroatoms. The minimum absolute atomic E-state index is 0.00187. The van der Waals surface area contributed by atoms with E-state index >= 15 is 0 Å². The number of anilines is 1. The normalized spacial score (nSPS) is 19.2. The Bertz CT molecular complexity index is 547. The summed E-state index contributed by atoms with van der Waals surface area (Å²) in [5.74, 6) is -0.424.